The van der Waals surface area contributed by atoms with Crippen LogP contribution in [0.3, 0.4) is 0 Å². The standard InChI is InChI=1S/C10H5F6N3O/c11-9(12,13)5-1-6(10(14,15)16)3-7(2-5)19-8(20)17-4-18-19/h1-4H,(H,17,18,20). The van der Waals surface area contributed by atoms with Crippen LogP contribution < -0.4 is 5.69 Å². The Balaban J connectivity index is 2.70. The molecule has 0 atom stereocenters. The molecule has 1 heterocycles. The van der Waals surface area contributed by atoms with E-state index in [1.807, 2.05) is 4.98 Å². The lowest BCUT2D eigenvalue weighted by atomic mass is 10.1. The molecule has 0 radical (unpaired) electrons. The predicted molar refractivity (Wildman–Crippen MR) is 54.2 cm³/mol. The molecule has 2 rings (SSSR count). The Morgan fingerprint density at radius 3 is 1.80 bits per heavy atom. The average molecular weight is 297 g/mol. The fourth-order valence-electron chi connectivity index (χ4n) is 1.50. The lowest BCUT2D eigenvalue weighted by molar-refractivity contribution is -0.143. The molecule has 0 aliphatic carbocycles. The summed E-state index contributed by atoms with van der Waals surface area (Å²) in [6.45, 7) is 0. The molecule has 1 N–H and O–H groups in total. The summed E-state index contributed by atoms with van der Waals surface area (Å²) in [5, 5.41) is 3.35. The maximum Gasteiger partial charge on any atom is 0.416 e. The van der Waals surface area contributed by atoms with E-state index in [0.29, 0.717) is 16.8 Å². The molecule has 1 aromatic carbocycles. The van der Waals surface area contributed by atoms with Crippen LogP contribution in [0.5, 0.6) is 0 Å². The predicted octanol–water partition coefficient (Wildman–Crippen LogP) is 2.60. The Kier molecular flexibility index (Phi) is 3.11. The van der Waals surface area contributed by atoms with Gasteiger partial charge in [0.1, 0.15) is 6.33 Å². The number of nitrogens with zero attached hydrogens (tertiary/aromatic N) is 2. The van der Waals surface area contributed by atoms with Crippen LogP contribution in [0.4, 0.5) is 26.3 Å². The van der Waals surface area contributed by atoms with Gasteiger partial charge in [0.25, 0.3) is 0 Å². The molecule has 0 fully saturated rings. The highest BCUT2D eigenvalue weighted by Crippen LogP contribution is 2.36. The van der Waals surface area contributed by atoms with Gasteiger partial charge in [0, 0.05) is 0 Å². The third-order valence-electron chi connectivity index (χ3n) is 2.37. The number of aromatic nitrogens is 3. The van der Waals surface area contributed by atoms with Crippen molar-refractivity contribution in [3.8, 4) is 5.69 Å². The van der Waals surface area contributed by atoms with Crippen molar-refractivity contribution in [2.75, 3.05) is 0 Å². The maximum absolute atomic E-state index is 12.6. The number of rotatable bonds is 1. The largest absolute Gasteiger partial charge is 0.416 e. The van der Waals surface area contributed by atoms with Gasteiger partial charge in [-0.25, -0.2) is 4.79 Å². The van der Waals surface area contributed by atoms with E-state index in [9.17, 15) is 31.1 Å². The highest BCUT2D eigenvalue weighted by Gasteiger charge is 2.37. The van der Waals surface area contributed by atoms with Gasteiger partial charge in [-0.15, -0.1) is 0 Å². The molecule has 0 amide bonds. The molecule has 0 spiro atoms. The number of hydrogen-bond acceptors (Lipinski definition) is 2. The lowest BCUT2D eigenvalue weighted by Crippen LogP contribution is -2.19. The molecule has 0 aliphatic heterocycles. The second-order valence-corrected chi connectivity index (χ2v) is 3.77. The molecular formula is C10H5F6N3O. The van der Waals surface area contributed by atoms with Crippen LogP contribution in [-0.2, 0) is 12.4 Å². The molecular weight excluding hydrogens is 292 g/mol. The van der Waals surface area contributed by atoms with Crippen LogP contribution in [0, 0.1) is 0 Å². The molecule has 4 nitrogen and oxygen atoms in total. The van der Waals surface area contributed by atoms with Gasteiger partial charge in [0.2, 0.25) is 0 Å². The van der Waals surface area contributed by atoms with E-state index in [-0.39, 0.29) is 6.07 Å². The molecule has 20 heavy (non-hydrogen) atoms. The molecule has 1 aromatic heterocycles. The van der Waals surface area contributed by atoms with Gasteiger partial charge in [-0.3, -0.25) is 4.98 Å². The van der Waals surface area contributed by atoms with Crippen molar-refractivity contribution in [2.45, 2.75) is 12.4 Å². The monoisotopic (exact) mass is 297 g/mol. The first kappa shape index (κ1) is 14.2. The van der Waals surface area contributed by atoms with E-state index in [1.54, 1.807) is 0 Å². The summed E-state index contributed by atoms with van der Waals surface area (Å²) in [5.74, 6) is 0. The minimum Gasteiger partial charge on any atom is -0.295 e. The van der Waals surface area contributed by atoms with Crippen molar-refractivity contribution in [2.24, 2.45) is 0 Å². The number of benzene rings is 1. The third kappa shape index (κ3) is 2.68. The second-order valence-electron chi connectivity index (χ2n) is 3.77. The van der Waals surface area contributed by atoms with E-state index in [1.165, 1.54) is 0 Å². The Labute approximate surface area is 106 Å². The third-order valence-corrected chi connectivity index (χ3v) is 2.37. The molecule has 108 valence electrons. The molecule has 0 saturated carbocycles. The summed E-state index contributed by atoms with van der Waals surface area (Å²) >= 11 is 0. The van der Waals surface area contributed by atoms with Gasteiger partial charge in [0.05, 0.1) is 16.8 Å². The fraction of sp³-hybridized carbons (Fsp3) is 0.200. The SMILES string of the molecule is O=c1[nH]cnn1-c1cc(C(F)(F)F)cc(C(F)(F)F)c1. The van der Waals surface area contributed by atoms with Crippen molar-refractivity contribution in [1.82, 2.24) is 14.8 Å². The zero-order valence-electron chi connectivity index (χ0n) is 9.38. The average Bonchev–Trinajstić information content (AvgIpc) is 2.72. The van der Waals surface area contributed by atoms with Gasteiger partial charge >= 0.3 is 18.0 Å². The topological polar surface area (TPSA) is 50.7 Å². The van der Waals surface area contributed by atoms with E-state index >= 15 is 0 Å². The highest BCUT2D eigenvalue weighted by atomic mass is 19.4. The van der Waals surface area contributed by atoms with E-state index in [2.05, 4.69) is 5.10 Å². The summed E-state index contributed by atoms with van der Waals surface area (Å²) in [4.78, 5) is 13.2. The Morgan fingerprint density at radius 1 is 0.950 bits per heavy atom. The van der Waals surface area contributed by atoms with Crippen LogP contribution in [0.25, 0.3) is 5.69 Å². The van der Waals surface area contributed by atoms with Crippen LogP contribution in [-0.4, -0.2) is 14.8 Å². The number of H-pyrrole nitrogens is 1. The smallest absolute Gasteiger partial charge is 0.295 e. The Morgan fingerprint density at radius 2 is 1.45 bits per heavy atom. The number of alkyl halides is 6. The summed E-state index contributed by atoms with van der Waals surface area (Å²) in [7, 11) is 0. The minimum absolute atomic E-state index is 0.0266. The van der Waals surface area contributed by atoms with Crippen LogP contribution in [0.2, 0.25) is 0 Å². The summed E-state index contributed by atoms with van der Waals surface area (Å²) in [6, 6.07) is 0.802. The van der Waals surface area contributed by atoms with Crippen molar-refractivity contribution in [3.05, 3.63) is 46.1 Å². The van der Waals surface area contributed by atoms with Crippen LogP contribution >= 0.6 is 0 Å². The first-order valence-electron chi connectivity index (χ1n) is 5.01. The fourth-order valence-corrected chi connectivity index (χ4v) is 1.50. The molecule has 0 bridgehead atoms. The van der Waals surface area contributed by atoms with Crippen molar-refractivity contribution >= 4 is 0 Å². The zero-order chi connectivity index (χ0) is 15.1. The maximum atomic E-state index is 12.6. The second kappa shape index (κ2) is 4.39. The first-order chi connectivity index (χ1) is 9.09. The number of aromatic amines is 1. The van der Waals surface area contributed by atoms with Crippen molar-refractivity contribution in [1.29, 1.82) is 0 Å². The number of halogens is 6. The molecule has 2 aromatic rings. The first-order valence-corrected chi connectivity index (χ1v) is 5.01. The number of nitrogens with one attached hydrogen (secondary N) is 1. The van der Waals surface area contributed by atoms with Gasteiger partial charge in [0.15, 0.2) is 0 Å². The lowest BCUT2D eigenvalue weighted by Gasteiger charge is -2.13. The van der Waals surface area contributed by atoms with E-state index in [0.717, 1.165) is 6.33 Å². The van der Waals surface area contributed by atoms with Gasteiger partial charge in [-0.2, -0.15) is 36.1 Å². The minimum atomic E-state index is -4.98. The van der Waals surface area contributed by atoms with Gasteiger partial charge in [-0.1, -0.05) is 0 Å². The highest BCUT2D eigenvalue weighted by molar-refractivity contribution is 5.41. The van der Waals surface area contributed by atoms with Crippen molar-refractivity contribution < 1.29 is 26.3 Å². The Hall–Kier alpha value is -2.26. The van der Waals surface area contributed by atoms with Crippen LogP contribution in [0.1, 0.15) is 11.1 Å². The van der Waals surface area contributed by atoms with Gasteiger partial charge in [-0.05, 0) is 18.2 Å². The molecule has 10 heteroatoms. The van der Waals surface area contributed by atoms with Gasteiger partial charge < -0.3 is 0 Å². The van der Waals surface area contributed by atoms with Crippen LogP contribution in [0.15, 0.2) is 29.3 Å². The van der Waals surface area contributed by atoms with E-state index < -0.39 is 34.9 Å². The summed E-state index contributed by atoms with van der Waals surface area (Å²) < 4.78 is 76.0. The quantitative estimate of drug-likeness (QED) is 0.823. The van der Waals surface area contributed by atoms with E-state index in [4.69, 9.17) is 0 Å². The normalized spacial score (nSPS) is 12.7. The molecule has 0 saturated heterocycles. The Bertz CT molecular complexity index is 649. The molecule has 0 aliphatic rings. The van der Waals surface area contributed by atoms with Crippen molar-refractivity contribution in [3.63, 3.8) is 0 Å². The summed E-state index contributed by atoms with van der Waals surface area (Å²) in [5.41, 5.74) is -4.61. The molecule has 0 unspecified atom stereocenters. The zero-order valence-corrected chi connectivity index (χ0v) is 9.38. The number of hydrogen-bond donors (Lipinski definition) is 1. The summed E-state index contributed by atoms with van der Waals surface area (Å²) in [6.07, 6.45) is -9.10.